The van der Waals surface area contributed by atoms with Crippen LogP contribution in [0.15, 0.2) is 0 Å². The van der Waals surface area contributed by atoms with Crippen LogP contribution in [0.3, 0.4) is 0 Å². The maximum absolute atomic E-state index is 12.1. The second kappa shape index (κ2) is 5.87. The number of nitrogens with zero attached hydrogens (tertiary/aromatic N) is 1. The SMILES string of the molecule is CCCC1NC(=O)CN(C(CC)CC)C1=O. The van der Waals surface area contributed by atoms with Gasteiger partial charge in [-0.05, 0) is 19.3 Å². The molecule has 0 bridgehead atoms. The fourth-order valence-corrected chi connectivity index (χ4v) is 2.26. The zero-order valence-corrected chi connectivity index (χ0v) is 10.5. The van der Waals surface area contributed by atoms with E-state index in [2.05, 4.69) is 19.2 Å². The molecule has 0 saturated carbocycles. The van der Waals surface area contributed by atoms with Gasteiger partial charge in [-0.1, -0.05) is 27.2 Å². The zero-order valence-electron chi connectivity index (χ0n) is 10.5. The van der Waals surface area contributed by atoms with Crippen LogP contribution in [0.1, 0.15) is 46.5 Å². The number of amides is 2. The summed E-state index contributed by atoms with van der Waals surface area (Å²) in [7, 11) is 0. The first-order valence-corrected chi connectivity index (χ1v) is 6.23. The van der Waals surface area contributed by atoms with Crippen molar-refractivity contribution in [1.82, 2.24) is 10.2 Å². The average molecular weight is 226 g/mol. The predicted molar refractivity (Wildman–Crippen MR) is 62.9 cm³/mol. The van der Waals surface area contributed by atoms with Crippen LogP contribution in [0.4, 0.5) is 0 Å². The zero-order chi connectivity index (χ0) is 12.1. The Morgan fingerprint density at radius 1 is 1.31 bits per heavy atom. The molecule has 4 nitrogen and oxygen atoms in total. The van der Waals surface area contributed by atoms with Gasteiger partial charge < -0.3 is 10.2 Å². The molecule has 1 aliphatic heterocycles. The Morgan fingerprint density at radius 2 is 1.94 bits per heavy atom. The minimum Gasteiger partial charge on any atom is -0.343 e. The molecule has 1 rings (SSSR count). The second-order valence-corrected chi connectivity index (χ2v) is 4.35. The van der Waals surface area contributed by atoms with Crippen LogP contribution < -0.4 is 5.32 Å². The van der Waals surface area contributed by atoms with E-state index in [1.165, 1.54) is 0 Å². The molecule has 0 aromatic rings. The summed E-state index contributed by atoms with van der Waals surface area (Å²) < 4.78 is 0. The van der Waals surface area contributed by atoms with Gasteiger partial charge >= 0.3 is 0 Å². The molecule has 1 saturated heterocycles. The van der Waals surface area contributed by atoms with Crippen molar-refractivity contribution in [2.45, 2.75) is 58.5 Å². The summed E-state index contributed by atoms with van der Waals surface area (Å²) in [5.41, 5.74) is 0. The Morgan fingerprint density at radius 3 is 2.44 bits per heavy atom. The van der Waals surface area contributed by atoms with Gasteiger partial charge in [0.25, 0.3) is 0 Å². The maximum Gasteiger partial charge on any atom is 0.245 e. The number of carbonyl (C=O) groups is 2. The monoisotopic (exact) mass is 226 g/mol. The molecule has 92 valence electrons. The molecule has 4 heteroatoms. The van der Waals surface area contributed by atoms with Crippen LogP contribution in [0.5, 0.6) is 0 Å². The van der Waals surface area contributed by atoms with Gasteiger partial charge in [-0.25, -0.2) is 0 Å². The van der Waals surface area contributed by atoms with E-state index >= 15 is 0 Å². The molecule has 0 aromatic carbocycles. The van der Waals surface area contributed by atoms with Crippen molar-refractivity contribution in [2.75, 3.05) is 6.54 Å². The molecule has 1 heterocycles. The van der Waals surface area contributed by atoms with Crippen LogP contribution >= 0.6 is 0 Å². The lowest BCUT2D eigenvalue weighted by atomic mass is 10.0. The fraction of sp³-hybridized carbons (Fsp3) is 0.833. The highest BCUT2D eigenvalue weighted by atomic mass is 16.2. The van der Waals surface area contributed by atoms with Crippen molar-refractivity contribution in [2.24, 2.45) is 0 Å². The van der Waals surface area contributed by atoms with Crippen molar-refractivity contribution in [1.29, 1.82) is 0 Å². The molecule has 0 aliphatic carbocycles. The lowest BCUT2D eigenvalue weighted by molar-refractivity contribution is -0.147. The summed E-state index contributed by atoms with van der Waals surface area (Å²) in [6.07, 6.45) is 3.47. The van der Waals surface area contributed by atoms with Gasteiger partial charge in [0.1, 0.15) is 6.04 Å². The van der Waals surface area contributed by atoms with Gasteiger partial charge in [-0.3, -0.25) is 9.59 Å². The minimum atomic E-state index is -0.299. The first-order valence-electron chi connectivity index (χ1n) is 6.23. The van der Waals surface area contributed by atoms with Gasteiger partial charge in [0, 0.05) is 6.04 Å². The molecular formula is C12H22N2O2. The van der Waals surface area contributed by atoms with Gasteiger partial charge in [-0.2, -0.15) is 0 Å². The molecule has 1 unspecified atom stereocenters. The summed E-state index contributed by atoms with van der Waals surface area (Å²) in [4.78, 5) is 25.4. The molecule has 1 fully saturated rings. The Hall–Kier alpha value is -1.06. The summed E-state index contributed by atoms with van der Waals surface area (Å²) in [5.74, 6) is 0.0695. The van der Waals surface area contributed by atoms with Crippen molar-refractivity contribution in [3.8, 4) is 0 Å². The third-order valence-electron chi connectivity index (χ3n) is 3.19. The number of piperazine rings is 1. The smallest absolute Gasteiger partial charge is 0.245 e. The van der Waals surface area contributed by atoms with E-state index in [1.807, 2.05) is 6.92 Å². The van der Waals surface area contributed by atoms with Crippen LogP contribution in [-0.2, 0) is 9.59 Å². The molecule has 2 amide bonds. The summed E-state index contributed by atoms with van der Waals surface area (Å²) in [6.45, 7) is 6.37. The molecular weight excluding hydrogens is 204 g/mol. The first-order chi connectivity index (χ1) is 7.63. The maximum atomic E-state index is 12.1. The first kappa shape index (κ1) is 13.0. The third-order valence-corrected chi connectivity index (χ3v) is 3.19. The highest BCUT2D eigenvalue weighted by Crippen LogP contribution is 2.15. The Balaban J connectivity index is 2.75. The van der Waals surface area contributed by atoms with Gasteiger partial charge in [-0.15, -0.1) is 0 Å². The second-order valence-electron chi connectivity index (χ2n) is 4.35. The Bertz CT molecular complexity index is 262. The normalized spacial score (nSPS) is 21.5. The van der Waals surface area contributed by atoms with E-state index in [-0.39, 0.29) is 30.4 Å². The quantitative estimate of drug-likeness (QED) is 0.768. The van der Waals surface area contributed by atoms with E-state index in [1.54, 1.807) is 4.90 Å². The standard InChI is InChI=1S/C12H22N2O2/c1-4-7-10-12(16)14(8-11(15)13-10)9(5-2)6-3/h9-10H,4-8H2,1-3H3,(H,13,15). The molecule has 16 heavy (non-hydrogen) atoms. The number of hydrogen-bond donors (Lipinski definition) is 1. The van der Waals surface area contributed by atoms with Crippen molar-refractivity contribution < 1.29 is 9.59 Å². The largest absolute Gasteiger partial charge is 0.343 e. The van der Waals surface area contributed by atoms with Crippen LogP contribution in [0.25, 0.3) is 0 Å². The predicted octanol–water partition coefficient (Wildman–Crippen LogP) is 1.30. The van der Waals surface area contributed by atoms with Gasteiger partial charge in [0.15, 0.2) is 0 Å². The van der Waals surface area contributed by atoms with Crippen molar-refractivity contribution >= 4 is 11.8 Å². The Labute approximate surface area is 97.4 Å². The molecule has 0 radical (unpaired) electrons. The summed E-state index contributed by atoms with van der Waals surface area (Å²) in [6, 6.07) is -0.0928. The van der Waals surface area contributed by atoms with Crippen LogP contribution in [-0.4, -0.2) is 35.3 Å². The molecule has 1 aliphatic rings. The lowest BCUT2D eigenvalue weighted by Crippen LogP contribution is -2.60. The molecule has 0 aromatic heterocycles. The Kier molecular flexibility index (Phi) is 4.77. The molecule has 1 atom stereocenters. The minimum absolute atomic E-state index is 0.0232. The van der Waals surface area contributed by atoms with E-state index in [0.29, 0.717) is 0 Å². The van der Waals surface area contributed by atoms with Gasteiger partial charge in [0.2, 0.25) is 11.8 Å². The van der Waals surface area contributed by atoms with Crippen molar-refractivity contribution in [3.63, 3.8) is 0 Å². The average Bonchev–Trinajstić information content (AvgIpc) is 2.26. The highest BCUT2D eigenvalue weighted by molar-refractivity contribution is 5.95. The number of carbonyl (C=O) groups excluding carboxylic acids is 2. The van der Waals surface area contributed by atoms with E-state index in [9.17, 15) is 9.59 Å². The van der Waals surface area contributed by atoms with Crippen LogP contribution in [0, 0.1) is 0 Å². The highest BCUT2D eigenvalue weighted by Gasteiger charge is 2.34. The van der Waals surface area contributed by atoms with Gasteiger partial charge in [0.05, 0.1) is 6.54 Å². The number of rotatable bonds is 5. The summed E-state index contributed by atoms with van der Waals surface area (Å²) >= 11 is 0. The third kappa shape index (κ3) is 2.74. The van der Waals surface area contributed by atoms with E-state index in [0.717, 1.165) is 25.7 Å². The fourth-order valence-electron chi connectivity index (χ4n) is 2.26. The summed E-state index contributed by atoms with van der Waals surface area (Å²) in [5, 5.41) is 2.77. The molecule has 1 N–H and O–H groups in total. The number of hydrogen-bond acceptors (Lipinski definition) is 2. The van der Waals surface area contributed by atoms with E-state index in [4.69, 9.17) is 0 Å². The van der Waals surface area contributed by atoms with Crippen molar-refractivity contribution in [3.05, 3.63) is 0 Å². The van der Waals surface area contributed by atoms with E-state index < -0.39 is 0 Å². The lowest BCUT2D eigenvalue weighted by Gasteiger charge is -2.37. The number of nitrogens with one attached hydrogen (secondary N) is 1. The van der Waals surface area contributed by atoms with Crippen LogP contribution in [0.2, 0.25) is 0 Å². The molecule has 0 spiro atoms. The topological polar surface area (TPSA) is 49.4 Å².